The molecule has 8 nitrogen and oxygen atoms in total. The molecule has 1 aliphatic rings. The Balaban J connectivity index is 2.33. The van der Waals surface area contributed by atoms with Gasteiger partial charge < -0.3 is 25.5 Å². The zero-order valence-corrected chi connectivity index (χ0v) is 11.4. The molecule has 8 heteroatoms. The highest BCUT2D eigenvalue weighted by atomic mass is 16.6. The first-order valence-corrected chi connectivity index (χ1v) is 6.21. The van der Waals surface area contributed by atoms with E-state index in [4.69, 9.17) is 10.5 Å². The highest BCUT2D eigenvalue weighted by molar-refractivity contribution is 5.56. The number of rotatable bonds is 3. The van der Waals surface area contributed by atoms with Crippen LogP contribution in [0.15, 0.2) is 0 Å². The number of hydrogen-bond acceptors (Lipinski definition) is 6. The van der Waals surface area contributed by atoms with E-state index in [2.05, 4.69) is 4.98 Å². The standard InChI is InChI=1S/C11H19N5O3/c1-7(12)9-6-15(4-5-19-9)11-10(16(17)18)13-8(2)14(11)3/h7,9H,4-6,12H2,1-3H3. The van der Waals surface area contributed by atoms with Gasteiger partial charge in [-0.25, -0.2) is 0 Å². The van der Waals surface area contributed by atoms with Crippen molar-refractivity contribution in [2.24, 2.45) is 12.8 Å². The van der Waals surface area contributed by atoms with Crippen LogP contribution in [0.4, 0.5) is 11.6 Å². The fourth-order valence-corrected chi connectivity index (χ4v) is 2.24. The minimum absolute atomic E-state index is 0.106. The molecule has 2 heterocycles. The number of aryl methyl sites for hydroxylation is 1. The smallest absolute Gasteiger partial charge is 0.373 e. The van der Waals surface area contributed by atoms with E-state index in [1.807, 2.05) is 11.8 Å². The third kappa shape index (κ3) is 2.54. The van der Waals surface area contributed by atoms with Gasteiger partial charge in [0.15, 0.2) is 0 Å². The molecule has 1 fully saturated rings. The van der Waals surface area contributed by atoms with Crippen LogP contribution in [0, 0.1) is 17.0 Å². The van der Waals surface area contributed by atoms with Crippen LogP contribution in [0.1, 0.15) is 12.7 Å². The van der Waals surface area contributed by atoms with Crippen molar-refractivity contribution in [1.29, 1.82) is 0 Å². The maximum Gasteiger partial charge on any atom is 0.406 e. The summed E-state index contributed by atoms with van der Waals surface area (Å²) >= 11 is 0. The Morgan fingerprint density at radius 1 is 1.63 bits per heavy atom. The molecule has 19 heavy (non-hydrogen) atoms. The predicted octanol–water partition coefficient (Wildman–Crippen LogP) is 0.189. The highest BCUT2D eigenvalue weighted by Crippen LogP contribution is 2.29. The van der Waals surface area contributed by atoms with E-state index < -0.39 is 4.92 Å². The van der Waals surface area contributed by atoms with Crippen LogP contribution in [0.5, 0.6) is 0 Å². The highest BCUT2D eigenvalue weighted by Gasteiger charge is 2.32. The van der Waals surface area contributed by atoms with E-state index >= 15 is 0 Å². The summed E-state index contributed by atoms with van der Waals surface area (Å²) in [5.41, 5.74) is 5.84. The summed E-state index contributed by atoms with van der Waals surface area (Å²) in [5.74, 6) is 1.03. The summed E-state index contributed by atoms with van der Waals surface area (Å²) in [4.78, 5) is 16.6. The minimum Gasteiger partial charge on any atom is -0.373 e. The first-order valence-electron chi connectivity index (χ1n) is 6.21. The number of ether oxygens (including phenoxy) is 1. The van der Waals surface area contributed by atoms with Gasteiger partial charge in [0.05, 0.1) is 12.7 Å². The second kappa shape index (κ2) is 5.14. The third-order valence-corrected chi connectivity index (χ3v) is 3.42. The molecule has 0 aliphatic carbocycles. The summed E-state index contributed by atoms with van der Waals surface area (Å²) in [5, 5.41) is 11.1. The number of morpholine rings is 1. The van der Waals surface area contributed by atoms with Crippen LogP contribution < -0.4 is 10.6 Å². The van der Waals surface area contributed by atoms with Gasteiger partial charge in [-0.1, -0.05) is 0 Å². The fourth-order valence-electron chi connectivity index (χ4n) is 2.24. The Labute approximate surface area is 111 Å². The van der Waals surface area contributed by atoms with Crippen molar-refractivity contribution in [3.05, 3.63) is 15.9 Å². The van der Waals surface area contributed by atoms with Crippen LogP contribution in [0.3, 0.4) is 0 Å². The third-order valence-electron chi connectivity index (χ3n) is 3.42. The Hall–Kier alpha value is -1.67. The van der Waals surface area contributed by atoms with Crippen LogP contribution in [0.25, 0.3) is 0 Å². The van der Waals surface area contributed by atoms with Crippen LogP contribution in [0.2, 0.25) is 0 Å². The van der Waals surface area contributed by atoms with Gasteiger partial charge in [0, 0.05) is 33.1 Å². The summed E-state index contributed by atoms with van der Waals surface area (Å²) < 4.78 is 7.31. The van der Waals surface area contributed by atoms with Crippen LogP contribution in [-0.2, 0) is 11.8 Å². The number of imidazole rings is 1. The summed E-state index contributed by atoms with van der Waals surface area (Å²) in [6.45, 7) is 5.27. The summed E-state index contributed by atoms with van der Waals surface area (Å²) in [7, 11) is 1.78. The molecule has 0 spiro atoms. The molecule has 1 aromatic rings. The van der Waals surface area contributed by atoms with E-state index in [0.29, 0.717) is 31.3 Å². The zero-order chi connectivity index (χ0) is 14.2. The number of nitrogens with zero attached hydrogens (tertiary/aromatic N) is 4. The Morgan fingerprint density at radius 3 is 2.89 bits per heavy atom. The fraction of sp³-hybridized carbons (Fsp3) is 0.727. The van der Waals surface area contributed by atoms with Crippen molar-refractivity contribution in [3.8, 4) is 0 Å². The largest absolute Gasteiger partial charge is 0.406 e. The zero-order valence-electron chi connectivity index (χ0n) is 11.4. The lowest BCUT2D eigenvalue weighted by molar-refractivity contribution is -0.388. The van der Waals surface area contributed by atoms with Crippen LogP contribution in [-0.4, -0.2) is 46.3 Å². The number of anilines is 1. The lowest BCUT2D eigenvalue weighted by atomic mass is 10.1. The molecule has 0 bridgehead atoms. The van der Waals surface area contributed by atoms with Gasteiger partial charge in [0.2, 0.25) is 11.6 Å². The molecule has 0 radical (unpaired) electrons. The molecule has 2 N–H and O–H groups in total. The van der Waals surface area contributed by atoms with Crippen molar-refractivity contribution in [1.82, 2.24) is 9.55 Å². The topological polar surface area (TPSA) is 99.4 Å². The second-order valence-corrected chi connectivity index (χ2v) is 4.84. The molecule has 1 saturated heterocycles. The SMILES string of the molecule is Cc1nc([N+](=O)[O-])c(N2CCOC(C(C)N)C2)n1C. The number of nitro groups is 1. The van der Waals surface area contributed by atoms with Gasteiger partial charge >= 0.3 is 5.82 Å². The minimum atomic E-state index is -0.446. The molecule has 0 saturated carbocycles. The van der Waals surface area contributed by atoms with Crippen molar-refractivity contribution in [2.75, 3.05) is 24.6 Å². The number of hydrogen-bond donors (Lipinski definition) is 1. The van der Waals surface area contributed by atoms with E-state index in [0.717, 1.165) is 0 Å². The Bertz CT molecular complexity index is 485. The predicted molar refractivity (Wildman–Crippen MR) is 70.2 cm³/mol. The van der Waals surface area contributed by atoms with Gasteiger partial charge in [0.25, 0.3) is 0 Å². The Morgan fingerprint density at radius 2 is 2.32 bits per heavy atom. The molecular weight excluding hydrogens is 250 g/mol. The van der Waals surface area contributed by atoms with Crippen molar-refractivity contribution in [3.63, 3.8) is 0 Å². The molecule has 2 rings (SSSR count). The second-order valence-electron chi connectivity index (χ2n) is 4.84. The molecule has 106 valence electrons. The Kier molecular flexibility index (Phi) is 3.72. The van der Waals surface area contributed by atoms with Gasteiger partial charge in [0.1, 0.15) is 0 Å². The van der Waals surface area contributed by atoms with E-state index in [9.17, 15) is 10.1 Å². The van der Waals surface area contributed by atoms with E-state index in [1.165, 1.54) is 0 Å². The maximum atomic E-state index is 11.1. The quantitative estimate of drug-likeness (QED) is 0.621. The first-order chi connectivity index (χ1) is 8.91. The molecule has 1 aliphatic heterocycles. The van der Waals surface area contributed by atoms with Gasteiger partial charge in [-0.05, 0) is 16.8 Å². The molecule has 0 amide bonds. The van der Waals surface area contributed by atoms with E-state index in [-0.39, 0.29) is 18.0 Å². The number of aromatic nitrogens is 2. The van der Waals surface area contributed by atoms with Crippen molar-refractivity contribution >= 4 is 11.6 Å². The normalized spacial score (nSPS) is 21.5. The maximum absolute atomic E-state index is 11.1. The lowest BCUT2D eigenvalue weighted by Crippen LogP contribution is -2.50. The van der Waals surface area contributed by atoms with Gasteiger partial charge in [-0.15, -0.1) is 0 Å². The summed E-state index contributed by atoms with van der Waals surface area (Å²) in [6.07, 6.45) is -0.122. The lowest BCUT2D eigenvalue weighted by Gasteiger charge is -2.35. The molecule has 1 aromatic heterocycles. The van der Waals surface area contributed by atoms with Crippen molar-refractivity contribution in [2.45, 2.75) is 26.0 Å². The van der Waals surface area contributed by atoms with Crippen LogP contribution >= 0.6 is 0 Å². The van der Waals surface area contributed by atoms with Gasteiger partial charge in [-0.3, -0.25) is 4.57 Å². The monoisotopic (exact) mass is 269 g/mol. The van der Waals surface area contributed by atoms with Crippen molar-refractivity contribution < 1.29 is 9.66 Å². The molecular formula is C11H19N5O3. The number of nitrogens with two attached hydrogens (primary N) is 1. The van der Waals surface area contributed by atoms with Gasteiger partial charge in [-0.2, -0.15) is 0 Å². The summed E-state index contributed by atoms with van der Waals surface area (Å²) in [6, 6.07) is -0.115. The first kappa shape index (κ1) is 13.8. The average molecular weight is 269 g/mol. The molecule has 0 aromatic carbocycles. The molecule has 2 atom stereocenters. The average Bonchev–Trinajstić information content (AvgIpc) is 2.66. The molecule has 2 unspecified atom stereocenters. The van der Waals surface area contributed by atoms with E-state index in [1.54, 1.807) is 18.5 Å².